The van der Waals surface area contributed by atoms with Crippen LogP contribution in [0.5, 0.6) is 11.5 Å². The first kappa shape index (κ1) is 17.5. The van der Waals surface area contributed by atoms with Crippen molar-refractivity contribution in [3.63, 3.8) is 0 Å². The van der Waals surface area contributed by atoms with Crippen LogP contribution in [0.25, 0.3) is 0 Å². The molecule has 0 unspecified atom stereocenters. The number of Topliss-reactive ketones (excluding diaryl/α,β-unsaturated/α-hetero) is 1. The Kier molecular flexibility index (Phi) is 3.86. The minimum absolute atomic E-state index is 0.160. The van der Waals surface area contributed by atoms with E-state index in [4.69, 9.17) is 9.47 Å². The van der Waals surface area contributed by atoms with E-state index in [-0.39, 0.29) is 17.4 Å². The molecule has 5 nitrogen and oxygen atoms in total. The fraction of sp³-hybridized carbons (Fsp3) is 0.682. The Morgan fingerprint density at radius 2 is 2.07 bits per heavy atom. The summed E-state index contributed by atoms with van der Waals surface area (Å²) in [6.07, 6.45) is 6.27. The molecule has 0 radical (unpaired) electrons. The molecule has 2 saturated carbocycles. The molecule has 1 saturated heterocycles. The van der Waals surface area contributed by atoms with Crippen LogP contribution in [0.1, 0.15) is 49.7 Å². The highest BCUT2D eigenvalue weighted by atomic mass is 16.5. The van der Waals surface area contributed by atoms with Gasteiger partial charge in [0.2, 0.25) is 0 Å². The molecular formula is C22H29NO4. The monoisotopic (exact) mass is 371 g/mol. The van der Waals surface area contributed by atoms with Crippen LogP contribution in [0.3, 0.4) is 0 Å². The lowest BCUT2D eigenvalue weighted by Gasteiger charge is -2.65. The first-order valence-corrected chi connectivity index (χ1v) is 10.2. The molecule has 4 aliphatic rings. The SMILES string of the molecule is COc1c(O)ccc2c1[C@@]13CCN(CC4CC4)[C@@H](C2)[C@]1(OC)CCC(=O)C3. The molecule has 1 N–H and O–H groups in total. The molecule has 5 heteroatoms. The van der Waals surface area contributed by atoms with Gasteiger partial charge < -0.3 is 14.6 Å². The maximum absolute atomic E-state index is 12.7. The van der Waals surface area contributed by atoms with Gasteiger partial charge in [-0.25, -0.2) is 0 Å². The highest BCUT2D eigenvalue weighted by Gasteiger charge is 2.67. The molecule has 1 aromatic rings. The number of ketones is 1. The number of hydrogen-bond acceptors (Lipinski definition) is 5. The summed E-state index contributed by atoms with van der Waals surface area (Å²) in [7, 11) is 3.43. The molecule has 3 fully saturated rings. The standard InChI is InChI=1S/C22H29NO4/c1-26-20-17(25)6-5-15-11-18-22(27-2)8-7-16(24)12-21(22,19(15)20)9-10-23(18)13-14-3-4-14/h5-6,14,18,25H,3-4,7-13H2,1-2H3/t18-,21-,22+/m0/s1. The van der Waals surface area contributed by atoms with Gasteiger partial charge in [0.05, 0.1) is 12.7 Å². The Bertz CT molecular complexity index is 789. The van der Waals surface area contributed by atoms with Crippen molar-refractivity contribution in [1.82, 2.24) is 4.90 Å². The molecule has 1 aliphatic heterocycles. The smallest absolute Gasteiger partial charge is 0.164 e. The van der Waals surface area contributed by atoms with E-state index >= 15 is 0 Å². The number of ether oxygens (including phenoxy) is 2. The fourth-order valence-electron chi connectivity index (χ4n) is 6.43. The zero-order valence-corrected chi connectivity index (χ0v) is 16.3. The number of likely N-dealkylation sites (tertiary alicyclic amines) is 1. The summed E-state index contributed by atoms with van der Waals surface area (Å²) in [6.45, 7) is 2.13. The predicted octanol–water partition coefficient (Wildman–Crippen LogP) is 2.82. The molecule has 27 heavy (non-hydrogen) atoms. The third-order valence-corrected chi connectivity index (χ3v) is 7.76. The summed E-state index contributed by atoms with van der Waals surface area (Å²) in [5, 5.41) is 10.5. The summed E-state index contributed by atoms with van der Waals surface area (Å²) in [6, 6.07) is 4.05. The number of carbonyl (C=O) groups is 1. The quantitative estimate of drug-likeness (QED) is 0.882. The Balaban J connectivity index is 1.72. The minimum Gasteiger partial charge on any atom is -0.504 e. The van der Waals surface area contributed by atoms with E-state index in [2.05, 4.69) is 4.90 Å². The van der Waals surface area contributed by atoms with Crippen LogP contribution >= 0.6 is 0 Å². The zero-order valence-electron chi connectivity index (χ0n) is 16.3. The van der Waals surface area contributed by atoms with Gasteiger partial charge in [-0.05, 0) is 56.2 Å². The molecular weight excluding hydrogens is 342 g/mol. The van der Waals surface area contributed by atoms with Crippen molar-refractivity contribution in [1.29, 1.82) is 0 Å². The van der Waals surface area contributed by atoms with E-state index in [1.807, 2.05) is 13.2 Å². The van der Waals surface area contributed by atoms with Gasteiger partial charge in [0.15, 0.2) is 11.5 Å². The molecule has 0 aromatic heterocycles. The number of benzene rings is 1. The molecule has 3 aliphatic carbocycles. The van der Waals surface area contributed by atoms with E-state index in [1.54, 1.807) is 13.2 Å². The molecule has 146 valence electrons. The highest BCUT2D eigenvalue weighted by Crippen LogP contribution is 2.62. The average molecular weight is 371 g/mol. The number of phenolic OH excluding ortho intramolecular Hbond substituents is 1. The lowest BCUT2D eigenvalue weighted by Crippen LogP contribution is -2.74. The van der Waals surface area contributed by atoms with Crippen LogP contribution in [-0.2, 0) is 21.4 Å². The van der Waals surface area contributed by atoms with Crippen LogP contribution in [0, 0.1) is 5.92 Å². The van der Waals surface area contributed by atoms with E-state index in [9.17, 15) is 9.90 Å². The largest absolute Gasteiger partial charge is 0.504 e. The summed E-state index contributed by atoms with van der Waals surface area (Å²) >= 11 is 0. The van der Waals surface area contributed by atoms with Crippen LogP contribution in [-0.4, -0.2) is 54.7 Å². The Hall–Kier alpha value is -1.59. The number of hydrogen-bond donors (Lipinski definition) is 1. The maximum Gasteiger partial charge on any atom is 0.164 e. The van der Waals surface area contributed by atoms with Gasteiger partial charge in [-0.3, -0.25) is 9.69 Å². The van der Waals surface area contributed by atoms with Crippen LogP contribution in [0.4, 0.5) is 0 Å². The van der Waals surface area contributed by atoms with Gasteiger partial charge in [-0.1, -0.05) is 6.07 Å². The Morgan fingerprint density at radius 3 is 2.78 bits per heavy atom. The number of piperidine rings is 1. The number of aromatic hydroxyl groups is 1. The number of carbonyl (C=O) groups excluding carboxylic acids is 1. The normalized spacial score (nSPS) is 35.5. The molecule has 3 atom stereocenters. The van der Waals surface area contributed by atoms with E-state index < -0.39 is 5.41 Å². The summed E-state index contributed by atoms with van der Waals surface area (Å²) < 4.78 is 12.1. The van der Waals surface area contributed by atoms with Crippen LogP contribution in [0.15, 0.2) is 12.1 Å². The lowest BCUT2D eigenvalue weighted by atomic mass is 9.49. The van der Waals surface area contributed by atoms with Crippen molar-refractivity contribution in [2.24, 2.45) is 5.92 Å². The van der Waals surface area contributed by atoms with Crippen molar-refractivity contribution in [2.45, 2.75) is 62.0 Å². The second kappa shape index (κ2) is 5.95. The first-order chi connectivity index (χ1) is 13.0. The summed E-state index contributed by atoms with van der Waals surface area (Å²) in [4.78, 5) is 15.3. The number of methoxy groups -OCH3 is 2. The van der Waals surface area contributed by atoms with E-state index in [0.29, 0.717) is 24.4 Å². The summed E-state index contributed by atoms with van der Waals surface area (Å²) in [5.74, 6) is 1.83. The van der Waals surface area contributed by atoms with Crippen molar-refractivity contribution < 1.29 is 19.4 Å². The molecule has 1 aromatic carbocycles. The van der Waals surface area contributed by atoms with Crippen molar-refractivity contribution in [3.8, 4) is 11.5 Å². The van der Waals surface area contributed by atoms with Gasteiger partial charge in [-0.15, -0.1) is 0 Å². The van der Waals surface area contributed by atoms with Gasteiger partial charge in [0.1, 0.15) is 5.78 Å². The number of phenols is 1. The molecule has 5 rings (SSSR count). The van der Waals surface area contributed by atoms with E-state index in [0.717, 1.165) is 43.8 Å². The minimum atomic E-state index is -0.403. The number of rotatable bonds is 4. The summed E-state index contributed by atoms with van der Waals surface area (Å²) in [5.41, 5.74) is 1.45. The molecule has 0 spiro atoms. The molecule has 1 heterocycles. The van der Waals surface area contributed by atoms with Crippen LogP contribution in [0.2, 0.25) is 0 Å². The van der Waals surface area contributed by atoms with Crippen molar-refractivity contribution >= 4 is 5.78 Å². The van der Waals surface area contributed by atoms with Crippen LogP contribution < -0.4 is 4.74 Å². The Labute approximate surface area is 160 Å². The maximum atomic E-state index is 12.7. The molecule has 0 amide bonds. The first-order valence-electron chi connectivity index (χ1n) is 10.2. The topological polar surface area (TPSA) is 59.0 Å². The van der Waals surface area contributed by atoms with Gasteiger partial charge in [0.25, 0.3) is 0 Å². The fourth-order valence-corrected chi connectivity index (χ4v) is 6.43. The zero-order chi connectivity index (χ0) is 18.8. The predicted molar refractivity (Wildman–Crippen MR) is 101 cm³/mol. The van der Waals surface area contributed by atoms with Crippen molar-refractivity contribution in [2.75, 3.05) is 27.3 Å². The highest BCUT2D eigenvalue weighted by molar-refractivity contribution is 5.83. The van der Waals surface area contributed by atoms with Crippen molar-refractivity contribution in [3.05, 3.63) is 23.3 Å². The second-order valence-corrected chi connectivity index (χ2v) is 8.95. The van der Waals surface area contributed by atoms with Gasteiger partial charge in [0, 0.05) is 43.5 Å². The lowest BCUT2D eigenvalue weighted by molar-refractivity contribution is -0.188. The third-order valence-electron chi connectivity index (χ3n) is 7.76. The second-order valence-electron chi connectivity index (χ2n) is 8.95. The molecule has 2 bridgehead atoms. The number of fused-ring (bicyclic) bond motifs is 1. The average Bonchev–Trinajstić information content (AvgIpc) is 3.48. The van der Waals surface area contributed by atoms with E-state index in [1.165, 1.54) is 18.4 Å². The third kappa shape index (κ3) is 2.27. The van der Waals surface area contributed by atoms with Gasteiger partial charge in [-0.2, -0.15) is 0 Å². The Morgan fingerprint density at radius 1 is 1.26 bits per heavy atom. The van der Waals surface area contributed by atoms with Gasteiger partial charge >= 0.3 is 0 Å². The number of nitrogens with zero attached hydrogens (tertiary/aromatic N) is 1.